The number of nitrogens with zero attached hydrogens (tertiary/aromatic N) is 2. The number of hydrogen-bond acceptors (Lipinski definition) is 5. The highest BCUT2D eigenvalue weighted by Gasteiger charge is 2.25. The smallest absolute Gasteiger partial charge is 0.157 e. The fourth-order valence-corrected chi connectivity index (χ4v) is 4.60. The van der Waals surface area contributed by atoms with E-state index in [1.807, 2.05) is 0 Å². The van der Waals surface area contributed by atoms with Gasteiger partial charge in [0.15, 0.2) is 9.84 Å². The number of hydrogen-bond donors (Lipinski definition) is 0. The molecule has 0 fully saturated rings. The van der Waals surface area contributed by atoms with Crippen LogP contribution in [0.3, 0.4) is 0 Å². The number of thiophene rings is 1. The van der Waals surface area contributed by atoms with Crippen molar-refractivity contribution < 1.29 is 8.42 Å². The van der Waals surface area contributed by atoms with Crippen LogP contribution in [0.2, 0.25) is 5.15 Å². The lowest BCUT2D eigenvalue weighted by molar-refractivity contribution is 0.589. The van der Waals surface area contributed by atoms with Crippen LogP contribution >= 0.6 is 22.9 Å². The molecule has 0 radical (unpaired) electrons. The van der Waals surface area contributed by atoms with Gasteiger partial charge in [0.25, 0.3) is 0 Å². The van der Waals surface area contributed by atoms with Crippen LogP contribution in [-0.2, 0) is 22.7 Å². The van der Waals surface area contributed by atoms with E-state index < -0.39 is 15.1 Å². The minimum absolute atomic E-state index is 0.295. The topological polar surface area (TPSA) is 59.9 Å². The van der Waals surface area contributed by atoms with Crippen molar-refractivity contribution in [2.24, 2.45) is 0 Å². The highest BCUT2D eigenvalue weighted by Crippen LogP contribution is 2.39. The number of fused-ring (bicyclic) bond motifs is 3. The lowest BCUT2D eigenvalue weighted by Gasteiger charge is -2.11. The fourth-order valence-electron chi connectivity index (χ4n) is 2.50. The van der Waals surface area contributed by atoms with Gasteiger partial charge in [-0.3, -0.25) is 0 Å². The normalized spacial score (nSPS) is 17.1. The zero-order chi connectivity index (χ0) is 14.5. The summed E-state index contributed by atoms with van der Waals surface area (Å²) in [7, 11) is -3.22. The molecule has 1 unspecified atom stereocenters. The number of rotatable bonds is 2. The van der Waals surface area contributed by atoms with E-state index in [4.69, 9.17) is 11.6 Å². The van der Waals surface area contributed by atoms with E-state index in [9.17, 15) is 8.42 Å². The van der Waals surface area contributed by atoms with E-state index in [1.165, 1.54) is 23.1 Å². The van der Waals surface area contributed by atoms with Gasteiger partial charge < -0.3 is 0 Å². The van der Waals surface area contributed by atoms with Crippen molar-refractivity contribution >= 4 is 43.0 Å². The summed E-state index contributed by atoms with van der Waals surface area (Å²) in [5.41, 5.74) is 1.26. The highest BCUT2D eigenvalue weighted by atomic mass is 35.5. The van der Waals surface area contributed by atoms with Gasteiger partial charge in [0, 0.05) is 11.1 Å². The molecule has 0 N–H and O–H groups in total. The van der Waals surface area contributed by atoms with E-state index in [-0.39, 0.29) is 0 Å². The Hall–Kier alpha value is -0.720. The van der Waals surface area contributed by atoms with Crippen LogP contribution in [0.25, 0.3) is 10.2 Å². The Labute approximate surface area is 127 Å². The Morgan fingerprint density at radius 2 is 1.95 bits per heavy atom. The van der Waals surface area contributed by atoms with Crippen molar-refractivity contribution in [3.63, 3.8) is 0 Å². The van der Waals surface area contributed by atoms with Crippen molar-refractivity contribution in [1.29, 1.82) is 0 Å². The molecule has 0 aromatic carbocycles. The van der Waals surface area contributed by atoms with Gasteiger partial charge >= 0.3 is 0 Å². The van der Waals surface area contributed by atoms with Crippen molar-refractivity contribution in [3.8, 4) is 0 Å². The Kier molecular flexibility index (Phi) is 3.51. The van der Waals surface area contributed by atoms with E-state index in [0.717, 1.165) is 29.5 Å². The van der Waals surface area contributed by atoms with E-state index >= 15 is 0 Å². The molecule has 1 aliphatic rings. The number of aryl methyl sites for hydroxylation is 2. The van der Waals surface area contributed by atoms with Crippen LogP contribution in [0.4, 0.5) is 0 Å². The highest BCUT2D eigenvalue weighted by molar-refractivity contribution is 7.90. The van der Waals surface area contributed by atoms with Crippen molar-refractivity contribution in [2.75, 3.05) is 6.26 Å². The third kappa shape index (κ3) is 2.34. The minimum Gasteiger partial charge on any atom is -0.228 e. The molecule has 7 heteroatoms. The molecule has 4 nitrogen and oxygen atoms in total. The van der Waals surface area contributed by atoms with Crippen LogP contribution in [0.5, 0.6) is 0 Å². The van der Waals surface area contributed by atoms with Crippen molar-refractivity contribution in [1.82, 2.24) is 9.97 Å². The fraction of sp³-hybridized carbons (Fsp3) is 0.538. The van der Waals surface area contributed by atoms with Gasteiger partial charge in [0.2, 0.25) is 0 Å². The maximum atomic E-state index is 11.7. The Bertz CT molecular complexity index is 783. The summed E-state index contributed by atoms with van der Waals surface area (Å²) in [5.74, 6) is 0.295. The van der Waals surface area contributed by atoms with Crippen molar-refractivity contribution in [3.05, 3.63) is 21.4 Å². The molecule has 1 aliphatic carbocycles. The van der Waals surface area contributed by atoms with Gasteiger partial charge in [0.05, 0.1) is 5.39 Å². The number of aromatic nitrogens is 2. The van der Waals surface area contributed by atoms with E-state index in [2.05, 4.69) is 9.97 Å². The predicted molar refractivity (Wildman–Crippen MR) is 82.3 cm³/mol. The van der Waals surface area contributed by atoms with E-state index in [0.29, 0.717) is 11.0 Å². The first-order chi connectivity index (χ1) is 9.38. The molecule has 0 aliphatic heterocycles. The summed E-state index contributed by atoms with van der Waals surface area (Å²) < 4.78 is 23.3. The Morgan fingerprint density at radius 3 is 2.65 bits per heavy atom. The van der Waals surface area contributed by atoms with Gasteiger partial charge in [-0.2, -0.15) is 0 Å². The molecule has 0 spiro atoms. The molecule has 108 valence electrons. The molecule has 3 rings (SSSR count). The van der Waals surface area contributed by atoms with Crippen LogP contribution < -0.4 is 0 Å². The standard InChI is InChI=1S/C13H15ClN2O2S2/c1-7(20(2,17)18)12-15-11(14)10-8-5-3-4-6-9(8)19-13(10)16-12/h7H,3-6H2,1-2H3. The number of sulfone groups is 1. The molecule has 0 bridgehead atoms. The van der Waals surface area contributed by atoms with Gasteiger partial charge in [-0.1, -0.05) is 11.6 Å². The zero-order valence-electron chi connectivity index (χ0n) is 11.3. The monoisotopic (exact) mass is 330 g/mol. The Morgan fingerprint density at radius 1 is 1.25 bits per heavy atom. The van der Waals surface area contributed by atoms with Crippen LogP contribution in [-0.4, -0.2) is 24.6 Å². The summed E-state index contributed by atoms with van der Waals surface area (Å²) in [6, 6.07) is 0. The Balaban J connectivity index is 2.20. The summed E-state index contributed by atoms with van der Waals surface area (Å²) in [6.07, 6.45) is 5.62. The first-order valence-corrected chi connectivity index (χ1v) is 9.69. The summed E-state index contributed by atoms with van der Waals surface area (Å²) in [4.78, 5) is 10.8. The zero-order valence-corrected chi connectivity index (χ0v) is 13.7. The average Bonchev–Trinajstić information content (AvgIpc) is 2.75. The average molecular weight is 331 g/mol. The molecular formula is C13H15ClN2O2S2. The summed E-state index contributed by atoms with van der Waals surface area (Å²) >= 11 is 7.92. The van der Waals surface area contributed by atoms with Crippen LogP contribution in [0.15, 0.2) is 0 Å². The third-order valence-corrected chi connectivity index (χ3v) is 6.75. The molecule has 0 saturated carbocycles. The SMILES string of the molecule is CC(c1nc(Cl)c2c3c(sc2n1)CCCC3)S(C)(=O)=O. The third-order valence-electron chi connectivity index (χ3n) is 3.79. The molecule has 20 heavy (non-hydrogen) atoms. The van der Waals surface area contributed by atoms with E-state index in [1.54, 1.807) is 18.3 Å². The molecule has 1 atom stereocenters. The molecular weight excluding hydrogens is 316 g/mol. The van der Waals surface area contributed by atoms with Gasteiger partial charge in [-0.25, -0.2) is 18.4 Å². The quantitative estimate of drug-likeness (QED) is 0.792. The second-order valence-corrected chi connectivity index (χ2v) is 9.04. The van der Waals surface area contributed by atoms with Crippen molar-refractivity contribution in [2.45, 2.75) is 37.9 Å². The van der Waals surface area contributed by atoms with Crippen LogP contribution in [0.1, 0.15) is 41.3 Å². The van der Waals surface area contributed by atoms with Gasteiger partial charge in [0.1, 0.15) is 21.1 Å². The largest absolute Gasteiger partial charge is 0.228 e. The molecule has 0 saturated heterocycles. The maximum Gasteiger partial charge on any atom is 0.157 e. The lowest BCUT2D eigenvalue weighted by atomic mass is 9.97. The first-order valence-electron chi connectivity index (χ1n) is 6.54. The second-order valence-electron chi connectivity index (χ2n) is 5.24. The van der Waals surface area contributed by atoms with Gasteiger partial charge in [-0.05, 0) is 38.2 Å². The molecule has 0 amide bonds. The first kappa shape index (κ1) is 14.2. The maximum absolute atomic E-state index is 11.7. The van der Waals surface area contributed by atoms with Crippen LogP contribution in [0, 0.1) is 0 Å². The predicted octanol–water partition coefficient (Wildman–Crippen LogP) is 3.33. The second kappa shape index (κ2) is 4.93. The van der Waals surface area contributed by atoms with Gasteiger partial charge in [-0.15, -0.1) is 11.3 Å². The molecule has 2 aromatic heterocycles. The summed E-state index contributed by atoms with van der Waals surface area (Å²) in [6.45, 7) is 1.60. The lowest BCUT2D eigenvalue weighted by Crippen LogP contribution is -2.11. The molecule has 2 heterocycles. The molecule has 2 aromatic rings. The minimum atomic E-state index is -3.22. The summed E-state index contributed by atoms with van der Waals surface area (Å²) in [5, 5.41) is 0.583. The number of halogens is 1.